The first-order valence-electron chi connectivity index (χ1n) is 10.3. The molecule has 0 amide bonds. The van der Waals surface area contributed by atoms with Crippen molar-refractivity contribution in [3.63, 3.8) is 0 Å². The van der Waals surface area contributed by atoms with Crippen molar-refractivity contribution in [1.29, 1.82) is 0 Å². The van der Waals surface area contributed by atoms with Gasteiger partial charge in [-0.05, 0) is 46.7 Å². The van der Waals surface area contributed by atoms with E-state index in [0.717, 1.165) is 19.5 Å². The van der Waals surface area contributed by atoms with Gasteiger partial charge in [0.15, 0.2) is 0 Å². The number of nitrogens with one attached hydrogen (secondary N) is 1. The Hall–Kier alpha value is -2.38. The predicted octanol–water partition coefficient (Wildman–Crippen LogP) is 5.92. The van der Waals surface area contributed by atoms with Crippen LogP contribution in [0.5, 0.6) is 0 Å². The van der Waals surface area contributed by atoms with Gasteiger partial charge in [0, 0.05) is 18.5 Å². The molecule has 0 heterocycles. The highest BCUT2D eigenvalue weighted by Gasteiger charge is 2.37. The number of hydrogen-bond donors (Lipinski definition) is 1. The van der Waals surface area contributed by atoms with Crippen molar-refractivity contribution in [3.05, 3.63) is 95.1 Å². The molecular formula is C26H27N. The third-order valence-electron chi connectivity index (χ3n) is 6.49. The molecule has 136 valence electrons. The van der Waals surface area contributed by atoms with E-state index in [1.807, 2.05) is 0 Å². The minimum absolute atomic E-state index is 0.311. The first kappa shape index (κ1) is 16.8. The minimum atomic E-state index is 0.311. The largest absolute Gasteiger partial charge is 0.309 e. The lowest BCUT2D eigenvalue weighted by molar-refractivity contribution is 0.531. The quantitative estimate of drug-likeness (QED) is 0.574. The summed E-state index contributed by atoms with van der Waals surface area (Å²) in [5.41, 5.74) is 6.41. The summed E-state index contributed by atoms with van der Waals surface area (Å²) in [5.74, 6) is 0. The molecule has 0 radical (unpaired) electrons. The molecule has 1 nitrogen and oxygen atoms in total. The molecule has 0 aliphatic heterocycles. The molecule has 5 rings (SSSR count). The minimum Gasteiger partial charge on any atom is -0.309 e. The molecule has 1 saturated carbocycles. The van der Waals surface area contributed by atoms with Gasteiger partial charge < -0.3 is 5.32 Å². The molecule has 2 aliphatic rings. The molecule has 0 aromatic heterocycles. The highest BCUT2D eigenvalue weighted by Crippen LogP contribution is 2.47. The molecule has 0 unspecified atom stereocenters. The Kier molecular flexibility index (Phi) is 4.33. The Balaban J connectivity index is 1.35. The fraction of sp³-hybridized carbons (Fsp3) is 0.308. The smallest absolute Gasteiger partial charge is 0.0214 e. The monoisotopic (exact) mass is 353 g/mol. The standard InChI is InChI=1S/C26H27N/c1-3-12-24-21(8-1)10-7-11-23(24)19-27-18-20-16-22-9-2-4-13-25(22)26(17-20)14-5-6-15-26/h1-4,7-13,17,27H,5-6,14-16,18-19H2. The van der Waals surface area contributed by atoms with E-state index in [1.165, 1.54) is 42.0 Å². The van der Waals surface area contributed by atoms with Crippen molar-refractivity contribution >= 4 is 10.8 Å². The van der Waals surface area contributed by atoms with Gasteiger partial charge in [0.1, 0.15) is 0 Å². The van der Waals surface area contributed by atoms with Crippen LogP contribution in [0.4, 0.5) is 0 Å². The van der Waals surface area contributed by atoms with Crippen LogP contribution in [-0.4, -0.2) is 6.54 Å². The van der Waals surface area contributed by atoms with Crippen molar-refractivity contribution in [2.24, 2.45) is 0 Å². The lowest BCUT2D eigenvalue weighted by Crippen LogP contribution is -2.29. The molecule has 1 heteroatoms. The van der Waals surface area contributed by atoms with E-state index >= 15 is 0 Å². The average molecular weight is 354 g/mol. The summed E-state index contributed by atoms with van der Waals surface area (Å²) in [5, 5.41) is 6.42. The summed E-state index contributed by atoms with van der Waals surface area (Å²) in [4.78, 5) is 0. The first-order chi connectivity index (χ1) is 13.3. The summed E-state index contributed by atoms with van der Waals surface area (Å²) in [6.45, 7) is 1.91. The van der Waals surface area contributed by atoms with Crippen LogP contribution in [0.25, 0.3) is 10.8 Å². The number of hydrogen-bond acceptors (Lipinski definition) is 1. The zero-order valence-electron chi connectivity index (χ0n) is 15.9. The molecule has 27 heavy (non-hydrogen) atoms. The maximum absolute atomic E-state index is 3.73. The van der Waals surface area contributed by atoms with Crippen LogP contribution in [0.2, 0.25) is 0 Å². The van der Waals surface area contributed by atoms with Gasteiger partial charge in [-0.15, -0.1) is 0 Å². The van der Waals surface area contributed by atoms with Gasteiger partial charge >= 0.3 is 0 Å². The lowest BCUT2D eigenvalue weighted by Gasteiger charge is -2.34. The van der Waals surface area contributed by atoms with E-state index in [1.54, 1.807) is 16.7 Å². The molecule has 2 aliphatic carbocycles. The van der Waals surface area contributed by atoms with Crippen LogP contribution in [0.15, 0.2) is 78.4 Å². The van der Waals surface area contributed by atoms with E-state index in [2.05, 4.69) is 78.1 Å². The number of allylic oxidation sites excluding steroid dienone is 1. The fourth-order valence-corrected chi connectivity index (χ4v) is 5.26. The third kappa shape index (κ3) is 3.11. The van der Waals surface area contributed by atoms with E-state index in [-0.39, 0.29) is 0 Å². The van der Waals surface area contributed by atoms with Gasteiger partial charge in [-0.3, -0.25) is 0 Å². The van der Waals surface area contributed by atoms with Crippen molar-refractivity contribution in [2.45, 2.75) is 44.1 Å². The van der Waals surface area contributed by atoms with E-state index in [9.17, 15) is 0 Å². The van der Waals surface area contributed by atoms with Gasteiger partial charge in [0.25, 0.3) is 0 Å². The number of benzene rings is 3. The SMILES string of the molecule is C1=C(CNCc2cccc3ccccc23)Cc2ccccc2C12CCCC2. The van der Waals surface area contributed by atoms with E-state index < -0.39 is 0 Å². The van der Waals surface area contributed by atoms with Gasteiger partial charge in [0.05, 0.1) is 0 Å². The summed E-state index contributed by atoms with van der Waals surface area (Å²) in [6, 6.07) is 24.4. The third-order valence-corrected chi connectivity index (χ3v) is 6.49. The molecule has 3 aromatic rings. The average Bonchev–Trinajstić information content (AvgIpc) is 3.17. The molecule has 0 saturated heterocycles. The van der Waals surface area contributed by atoms with Crippen LogP contribution in [0.3, 0.4) is 0 Å². The maximum Gasteiger partial charge on any atom is 0.0214 e. The molecular weight excluding hydrogens is 326 g/mol. The van der Waals surface area contributed by atoms with Crippen LogP contribution in [0.1, 0.15) is 42.4 Å². The zero-order valence-corrected chi connectivity index (χ0v) is 15.9. The van der Waals surface area contributed by atoms with Crippen molar-refractivity contribution in [3.8, 4) is 0 Å². The second kappa shape index (κ2) is 6.98. The van der Waals surface area contributed by atoms with Crippen LogP contribution < -0.4 is 5.32 Å². The number of fused-ring (bicyclic) bond motifs is 3. The molecule has 0 atom stereocenters. The molecule has 1 fully saturated rings. The van der Waals surface area contributed by atoms with Crippen LogP contribution >= 0.6 is 0 Å². The van der Waals surface area contributed by atoms with Crippen molar-refractivity contribution in [2.75, 3.05) is 6.54 Å². The molecule has 0 bridgehead atoms. The number of rotatable bonds is 4. The first-order valence-corrected chi connectivity index (χ1v) is 10.3. The molecule has 1 spiro atoms. The topological polar surface area (TPSA) is 12.0 Å². The Morgan fingerprint density at radius 3 is 2.48 bits per heavy atom. The summed E-state index contributed by atoms with van der Waals surface area (Å²) in [6.07, 6.45) is 9.08. The highest BCUT2D eigenvalue weighted by atomic mass is 14.8. The Morgan fingerprint density at radius 2 is 1.56 bits per heavy atom. The summed E-state index contributed by atoms with van der Waals surface area (Å²) < 4.78 is 0. The summed E-state index contributed by atoms with van der Waals surface area (Å²) in [7, 11) is 0. The van der Waals surface area contributed by atoms with Crippen molar-refractivity contribution in [1.82, 2.24) is 5.32 Å². The molecule has 3 aromatic carbocycles. The van der Waals surface area contributed by atoms with Gasteiger partial charge in [0.2, 0.25) is 0 Å². The zero-order chi connectivity index (χ0) is 18.1. The second-order valence-corrected chi connectivity index (χ2v) is 8.24. The predicted molar refractivity (Wildman–Crippen MR) is 114 cm³/mol. The molecule has 1 N–H and O–H groups in total. The normalized spacial score (nSPS) is 17.9. The van der Waals surface area contributed by atoms with Gasteiger partial charge in [-0.25, -0.2) is 0 Å². The van der Waals surface area contributed by atoms with Crippen LogP contribution in [0, 0.1) is 0 Å². The highest BCUT2D eigenvalue weighted by molar-refractivity contribution is 5.85. The summed E-state index contributed by atoms with van der Waals surface area (Å²) >= 11 is 0. The van der Waals surface area contributed by atoms with Crippen LogP contribution in [-0.2, 0) is 18.4 Å². The van der Waals surface area contributed by atoms with Crippen molar-refractivity contribution < 1.29 is 0 Å². The van der Waals surface area contributed by atoms with E-state index in [4.69, 9.17) is 0 Å². The fourth-order valence-electron chi connectivity index (χ4n) is 5.26. The maximum atomic E-state index is 3.73. The van der Waals surface area contributed by atoms with E-state index in [0.29, 0.717) is 5.41 Å². The Bertz CT molecular complexity index is 987. The second-order valence-electron chi connectivity index (χ2n) is 8.24. The van der Waals surface area contributed by atoms with Gasteiger partial charge in [-0.1, -0.05) is 91.2 Å². The Morgan fingerprint density at radius 1 is 0.778 bits per heavy atom. The van der Waals surface area contributed by atoms with Gasteiger partial charge in [-0.2, -0.15) is 0 Å². The lowest BCUT2D eigenvalue weighted by atomic mass is 9.71. The Labute approximate surface area is 162 Å².